The normalized spacial score (nSPS) is 12.1. The van der Waals surface area contributed by atoms with Gasteiger partial charge in [0.2, 0.25) is 5.89 Å². The van der Waals surface area contributed by atoms with E-state index in [1.807, 2.05) is 61.5 Å². The minimum absolute atomic E-state index is 0.205. The lowest BCUT2D eigenvalue weighted by atomic mass is 10.0. The molecule has 0 saturated carbocycles. The van der Waals surface area contributed by atoms with Crippen molar-refractivity contribution in [2.75, 3.05) is 0 Å². The van der Waals surface area contributed by atoms with E-state index in [2.05, 4.69) is 4.98 Å². The molecule has 158 valence electrons. The van der Waals surface area contributed by atoms with E-state index in [1.165, 1.54) is 12.1 Å². The Morgan fingerprint density at radius 3 is 2.34 bits per heavy atom. The summed E-state index contributed by atoms with van der Waals surface area (Å²) in [4.78, 5) is 4.64. The molecule has 32 heavy (non-hydrogen) atoms. The number of halogens is 1. The predicted octanol–water partition coefficient (Wildman–Crippen LogP) is 7.15. The number of ether oxygens (including phenoxy) is 1. The molecule has 0 saturated heterocycles. The SMILES string of the molecule is CC(Oc1ccc(-c2ccc(F)cc2)cc1-c1nc2ccccc2o1)c1ccc(O)cc1. The number of aromatic nitrogens is 1. The van der Waals surface area contributed by atoms with Crippen LogP contribution < -0.4 is 4.74 Å². The summed E-state index contributed by atoms with van der Waals surface area (Å²) in [6.07, 6.45) is -0.268. The van der Waals surface area contributed by atoms with Crippen molar-refractivity contribution >= 4 is 11.1 Å². The molecular weight excluding hydrogens is 405 g/mol. The lowest BCUT2D eigenvalue weighted by molar-refractivity contribution is 0.227. The second-order valence-electron chi connectivity index (χ2n) is 7.56. The number of phenolic OH excluding ortho intramolecular Hbond substituents is 1. The summed E-state index contributed by atoms with van der Waals surface area (Å²) in [5.41, 5.74) is 4.84. The first-order valence-corrected chi connectivity index (χ1v) is 10.3. The van der Waals surface area contributed by atoms with E-state index in [-0.39, 0.29) is 17.7 Å². The zero-order chi connectivity index (χ0) is 22.1. The Bertz CT molecular complexity index is 1340. The number of para-hydroxylation sites is 2. The largest absolute Gasteiger partial charge is 0.508 e. The van der Waals surface area contributed by atoms with Gasteiger partial charge in [-0.15, -0.1) is 0 Å². The highest BCUT2D eigenvalue weighted by atomic mass is 19.1. The van der Waals surface area contributed by atoms with Crippen molar-refractivity contribution in [3.63, 3.8) is 0 Å². The summed E-state index contributed by atoms with van der Waals surface area (Å²) in [6.45, 7) is 1.94. The standard InChI is InChI=1S/C27H20FNO3/c1-17(18-8-13-22(30)14-9-18)31-25-15-10-20(19-6-11-21(28)12-7-19)16-23(25)27-29-24-4-2-3-5-26(24)32-27/h2-17,30H,1H3. The maximum atomic E-state index is 13.4. The van der Waals surface area contributed by atoms with Crippen molar-refractivity contribution in [2.24, 2.45) is 0 Å². The monoisotopic (exact) mass is 425 g/mol. The zero-order valence-corrected chi connectivity index (χ0v) is 17.3. The maximum Gasteiger partial charge on any atom is 0.231 e. The molecule has 0 aliphatic heterocycles. The lowest BCUT2D eigenvalue weighted by Gasteiger charge is -2.18. The van der Waals surface area contributed by atoms with E-state index < -0.39 is 0 Å². The predicted molar refractivity (Wildman–Crippen MR) is 122 cm³/mol. The summed E-state index contributed by atoms with van der Waals surface area (Å²) < 4.78 is 25.7. The van der Waals surface area contributed by atoms with Crippen LogP contribution in [0.5, 0.6) is 11.5 Å². The van der Waals surface area contributed by atoms with E-state index in [0.717, 1.165) is 22.2 Å². The van der Waals surface area contributed by atoms with Crippen LogP contribution in [-0.4, -0.2) is 10.1 Å². The molecule has 1 aromatic heterocycles. The molecule has 4 nitrogen and oxygen atoms in total. The van der Waals surface area contributed by atoms with Crippen molar-refractivity contribution in [1.29, 1.82) is 0 Å². The number of rotatable bonds is 5. The molecule has 0 aliphatic carbocycles. The quantitative estimate of drug-likeness (QED) is 0.325. The molecule has 0 aliphatic rings. The fraction of sp³-hybridized carbons (Fsp3) is 0.0741. The van der Waals surface area contributed by atoms with Crippen molar-refractivity contribution in [2.45, 2.75) is 13.0 Å². The number of fused-ring (bicyclic) bond motifs is 1. The van der Waals surface area contributed by atoms with Crippen LogP contribution in [0, 0.1) is 5.82 Å². The number of nitrogens with zero attached hydrogens (tertiary/aromatic N) is 1. The van der Waals surface area contributed by atoms with Gasteiger partial charge in [-0.05, 0) is 72.1 Å². The van der Waals surface area contributed by atoms with Crippen LogP contribution in [-0.2, 0) is 0 Å². The van der Waals surface area contributed by atoms with Gasteiger partial charge >= 0.3 is 0 Å². The fourth-order valence-electron chi connectivity index (χ4n) is 3.61. The first kappa shape index (κ1) is 19.8. The van der Waals surface area contributed by atoms with Crippen LogP contribution in [0.1, 0.15) is 18.6 Å². The smallest absolute Gasteiger partial charge is 0.231 e. The third kappa shape index (κ3) is 3.93. The van der Waals surface area contributed by atoms with Crippen LogP contribution in [0.15, 0.2) is 95.4 Å². The van der Waals surface area contributed by atoms with Gasteiger partial charge in [-0.3, -0.25) is 0 Å². The van der Waals surface area contributed by atoms with Crippen LogP contribution in [0.4, 0.5) is 4.39 Å². The number of hydrogen-bond acceptors (Lipinski definition) is 4. The topological polar surface area (TPSA) is 55.5 Å². The van der Waals surface area contributed by atoms with Gasteiger partial charge in [0, 0.05) is 0 Å². The molecule has 0 spiro atoms. The van der Waals surface area contributed by atoms with Crippen molar-refractivity contribution in [3.05, 3.63) is 102 Å². The second-order valence-corrected chi connectivity index (χ2v) is 7.56. The number of hydrogen-bond donors (Lipinski definition) is 1. The van der Waals surface area contributed by atoms with Crippen molar-refractivity contribution in [3.8, 4) is 34.1 Å². The third-order valence-electron chi connectivity index (χ3n) is 5.35. The molecule has 5 aromatic rings. The molecule has 0 amide bonds. The summed E-state index contributed by atoms with van der Waals surface area (Å²) >= 11 is 0. The third-order valence-corrected chi connectivity index (χ3v) is 5.35. The molecule has 0 bridgehead atoms. The van der Waals surface area contributed by atoms with Gasteiger partial charge < -0.3 is 14.3 Å². The average Bonchev–Trinajstić information content (AvgIpc) is 3.24. The lowest BCUT2D eigenvalue weighted by Crippen LogP contribution is -2.04. The van der Waals surface area contributed by atoms with Gasteiger partial charge in [0.25, 0.3) is 0 Å². The first-order valence-electron chi connectivity index (χ1n) is 10.3. The molecule has 1 atom stereocenters. The summed E-state index contributed by atoms with van der Waals surface area (Å²) in [6, 6.07) is 26.6. The summed E-state index contributed by atoms with van der Waals surface area (Å²) in [5.74, 6) is 0.985. The molecule has 0 radical (unpaired) electrons. The average molecular weight is 425 g/mol. The van der Waals surface area contributed by atoms with Gasteiger partial charge in [-0.1, -0.05) is 42.5 Å². The Morgan fingerprint density at radius 2 is 1.59 bits per heavy atom. The molecule has 1 heterocycles. The molecule has 5 heteroatoms. The molecule has 0 fully saturated rings. The minimum Gasteiger partial charge on any atom is -0.508 e. The highest BCUT2D eigenvalue weighted by molar-refractivity contribution is 5.80. The minimum atomic E-state index is -0.282. The van der Waals surface area contributed by atoms with E-state index in [9.17, 15) is 9.50 Å². The Balaban J connectivity index is 1.58. The van der Waals surface area contributed by atoms with Gasteiger partial charge in [0.1, 0.15) is 28.9 Å². The zero-order valence-electron chi connectivity index (χ0n) is 17.3. The van der Waals surface area contributed by atoms with Crippen molar-refractivity contribution < 1.29 is 18.7 Å². The first-order chi connectivity index (χ1) is 15.6. The highest BCUT2D eigenvalue weighted by Gasteiger charge is 2.18. The van der Waals surface area contributed by atoms with Gasteiger partial charge in [-0.2, -0.15) is 0 Å². The van der Waals surface area contributed by atoms with Gasteiger partial charge in [0.15, 0.2) is 5.58 Å². The van der Waals surface area contributed by atoms with E-state index in [1.54, 1.807) is 24.3 Å². The molecule has 1 unspecified atom stereocenters. The Kier molecular flexibility index (Phi) is 5.07. The highest BCUT2D eigenvalue weighted by Crippen LogP contribution is 2.37. The number of oxazole rings is 1. The number of aromatic hydroxyl groups is 1. The van der Waals surface area contributed by atoms with Crippen LogP contribution >= 0.6 is 0 Å². The van der Waals surface area contributed by atoms with Gasteiger partial charge in [0.05, 0.1) is 5.56 Å². The second kappa shape index (κ2) is 8.19. The van der Waals surface area contributed by atoms with Crippen LogP contribution in [0.2, 0.25) is 0 Å². The van der Waals surface area contributed by atoms with Crippen molar-refractivity contribution in [1.82, 2.24) is 4.98 Å². The molecule has 1 N–H and O–H groups in total. The van der Waals surface area contributed by atoms with Crippen LogP contribution in [0.25, 0.3) is 33.7 Å². The van der Waals surface area contributed by atoms with E-state index >= 15 is 0 Å². The molecular formula is C27H20FNO3. The van der Waals surface area contributed by atoms with Crippen LogP contribution in [0.3, 0.4) is 0 Å². The Labute approximate surface area is 184 Å². The summed E-state index contributed by atoms with van der Waals surface area (Å²) in [5, 5.41) is 9.56. The van der Waals surface area contributed by atoms with E-state index in [0.29, 0.717) is 22.8 Å². The van der Waals surface area contributed by atoms with Gasteiger partial charge in [-0.25, -0.2) is 9.37 Å². The summed E-state index contributed by atoms with van der Waals surface area (Å²) in [7, 11) is 0. The van der Waals surface area contributed by atoms with E-state index in [4.69, 9.17) is 9.15 Å². The fourth-order valence-corrected chi connectivity index (χ4v) is 3.61. The molecule has 5 rings (SSSR count). The number of phenols is 1. The Hall–Kier alpha value is -4.12. The number of benzene rings is 4. The maximum absolute atomic E-state index is 13.4. The molecule has 4 aromatic carbocycles. The Morgan fingerprint density at radius 1 is 0.875 bits per heavy atom.